The van der Waals surface area contributed by atoms with Crippen LogP contribution in [0.3, 0.4) is 0 Å². The average Bonchev–Trinajstić information content (AvgIpc) is 3.33. The number of hydrogen-bond acceptors (Lipinski definition) is 5. The van der Waals surface area contributed by atoms with Crippen molar-refractivity contribution in [1.29, 1.82) is 0 Å². The summed E-state index contributed by atoms with van der Waals surface area (Å²) in [6.45, 7) is 5.90. The second-order valence-corrected chi connectivity index (χ2v) is 11.9. The molecule has 1 aliphatic rings. The minimum Gasteiger partial charge on any atom is -0.486 e. The average molecular weight is 619 g/mol. The highest BCUT2D eigenvalue weighted by Crippen LogP contribution is 2.38. The summed E-state index contributed by atoms with van der Waals surface area (Å²) < 4.78 is 69.5. The highest BCUT2D eigenvalue weighted by molar-refractivity contribution is 6.35. The number of pyridine rings is 1. The Kier molecular flexibility index (Phi) is 8.67. The van der Waals surface area contributed by atoms with Crippen LogP contribution in [0.2, 0.25) is 5.15 Å². The number of hydrogen-bond donors (Lipinski definition) is 1. The van der Waals surface area contributed by atoms with Gasteiger partial charge in [0.1, 0.15) is 11.8 Å². The molecule has 43 heavy (non-hydrogen) atoms. The standard InChI is InChI=1S/C31H31ClF4N4O3/c1-30(2,3)38-29(41)27-26-23(40(39-27)25-11-7-8-12-42-25)15-22(37-28(26)32)20-14-21(33)24(13-19(20)16-31(34,35)36)43-17-18-9-5-4-6-10-18/h4-6,9-10,13-15,25H,7-8,11-12,16-17H2,1-3H3,(H,38,41). The van der Waals surface area contributed by atoms with Crippen molar-refractivity contribution >= 4 is 28.4 Å². The lowest BCUT2D eigenvalue weighted by atomic mass is 9.99. The zero-order chi connectivity index (χ0) is 30.9. The number of rotatable bonds is 7. The largest absolute Gasteiger partial charge is 0.486 e. The van der Waals surface area contributed by atoms with E-state index in [1.54, 1.807) is 24.3 Å². The molecule has 2 aromatic carbocycles. The van der Waals surface area contributed by atoms with Crippen molar-refractivity contribution in [3.8, 4) is 17.0 Å². The molecule has 0 saturated carbocycles. The van der Waals surface area contributed by atoms with Crippen molar-refractivity contribution in [1.82, 2.24) is 20.1 Å². The molecule has 4 aromatic rings. The topological polar surface area (TPSA) is 78.3 Å². The second kappa shape index (κ2) is 12.1. The molecule has 1 N–H and O–H groups in total. The number of carbonyl (C=O) groups excluding carboxylic acids is 1. The van der Waals surface area contributed by atoms with Gasteiger partial charge in [0, 0.05) is 17.7 Å². The molecule has 2 aromatic heterocycles. The maximum atomic E-state index is 15.3. The minimum atomic E-state index is -4.60. The van der Waals surface area contributed by atoms with Gasteiger partial charge >= 0.3 is 6.18 Å². The lowest BCUT2D eigenvalue weighted by Gasteiger charge is -2.23. The van der Waals surface area contributed by atoms with Crippen molar-refractivity contribution in [2.45, 2.75) is 71.0 Å². The summed E-state index contributed by atoms with van der Waals surface area (Å²) in [5.74, 6) is -1.67. The summed E-state index contributed by atoms with van der Waals surface area (Å²) in [6.07, 6.45) is -4.17. The van der Waals surface area contributed by atoms with Gasteiger partial charge in [0.05, 0.1) is 23.0 Å². The van der Waals surface area contributed by atoms with E-state index < -0.39 is 36.1 Å². The highest BCUT2D eigenvalue weighted by Gasteiger charge is 2.32. The van der Waals surface area contributed by atoms with Gasteiger partial charge in [-0.3, -0.25) is 4.79 Å². The van der Waals surface area contributed by atoms with Crippen LogP contribution in [0.15, 0.2) is 48.5 Å². The number of carbonyl (C=O) groups is 1. The van der Waals surface area contributed by atoms with E-state index in [2.05, 4.69) is 15.4 Å². The van der Waals surface area contributed by atoms with E-state index in [4.69, 9.17) is 21.1 Å². The lowest BCUT2D eigenvalue weighted by molar-refractivity contribution is -0.127. The van der Waals surface area contributed by atoms with Gasteiger partial charge in [0.2, 0.25) is 0 Å². The molecule has 1 aliphatic heterocycles. The third-order valence-electron chi connectivity index (χ3n) is 6.84. The maximum absolute atomic E-state index is 15.3. The van der Waals surface area contributed by atoms with E-state index in [0.717, 1.165) is 30.5 Å². The van der Waals surface area contributed by atoms with Crippen LogP contribution < -0.4 is 10.1 Å². The summed E-state index contributed by atoms with van der Waals surface area (Å²) in [5, 5.41) is 7.47. The monoisotopic (exact) mass is 618 g/mol. The van der Waals surface area contributed by atoms with Gasteiger partial charge in [-0.15, -0.1) is 0 Å². The summed E-state index contributed by atoms with van der Waals surface area (Å²) in [5.41, 5.74) is 0.132. The van der Waals surface area contributed by atoms with Gasteiger partial charge in [0.15, 0.2) is 23.5 Å². The summed E-state index contributed by atoms with van der Waals surface area (Å²) in [6, 6.07) is 12.4. The van der Waals surface area contributed by atoms with Gasteiger partial charge in [-0.2, -0.15) is 18.3 Å². The Hall–Kier alpha value is -3.70. The molecule has 1 amide bonds. The smallest absolute Gasteiger partial charge is 0.393 e. The minimum absolute atomic E-state index is 0.00880. The number of nitrogens with zero attached hydrogens (tertiary/aromatic N) is 3. The van der Waals surface area contributed by atoms with Crippen molar-refractivity contribution in [3.63, 3.8) is 0 Å². The van der Waals surface area contributed by atoms with Crippen molar-refractivity contribution in [3.05, 3.63) is 76.3 Å². The Bertz CT molecular complexity index is 1630. The first kappa shape index (κ1) is 30.7. The number of alkyl halides is 3. The lowest BCUT2D eigenvalue weighted by Crippen LogP contribution is -2.41. The van der Waals surface area contributed by atoms with Crippen LogP contribution in [-0.2, 0) is 17.8 Å². The zero-order valence-corrected chi connectivity index (χ0v) is 24.7. The van der Waals surface area contributed by atoms with Crippen LogP contribution in [0.5, 0.6) is 5.75 Å². The van der Waals surface area contributed by atoms with Crippen LogP contribution >= 0.6 is 11.6 Å². The molecule has 1 unspecified atom stereocenters. The number of halogens is 5. The van der Waals surface area contributed by atoms with Crippen LogP contribution in [0.1, 0.15) is 67.9 Å². The molecule has 3 heterocycles. The fourth-order valence-electron chi connectivity index (χ4n) is 4.99. The summed E-state index contributed by atoms with van der Waals surface area (Å²) in [4.78, 5) is 17.6. The predicted octanol–water partition coefficient (Wildman–Crippen LogP) is 7.80. The molecular weight excluding hydrogens is 588 g/mol. The Morgan fingerprint density at radius 2 is 1.88 bits per heavy atom. The van der Waals surface area contributed by atoms with E-state index >= 15 is 4.39 Å². The fourth-order valence-corrected chi connectivity index (χ4v) is 5.26. The van der Waals surface area contributed by atoms with Crippen molar-refractivity contribution in [2.75, 3.05) is 6.61 Å². The molecule has 1 atom stereocenters. The van der Waals surface area contributed by atoms with E-state index in [9.17, 15) is 18.0 Å². The molecule has 0 spiro atoms. The molecule has 228 valence electrons. The Labute approximate surface area is 251 Å². The summed E-state index contributed by atoms with van der Waals surface area (Å²) in [7, 11) is 0. The van der Waals surface area contributed by atoms with Gasteiger partial charge in [-0.1, -0.05) is 41.9 Å². The number of aromatic nitrogens is 3. The zero-order valence-electron chi connectivity index (χ0n) is 23.9. The van der Waals surface area contributed by atoms with Gasteiger partial charge in [-0.05, 0) is 69.4 Å². The van der Waals surface area contributed by atoms with E-state index in [1.165, 1.54) is 10.7 Å². The Morgan fingerprint density at radius 3 is 2.53 bits per heavy atom. The van der Waals surface area contributed by atoms with E-state index in [1.807, 2.05) is 26.8 Å². The van der Waals surface area contributed by atoms with Crippen LogP contribution in [0.25, 0.3) is 22.2 Å². The number of ether oxygens (including phenoxy) is 2. The van der Waals surface area contributed by atoms with Crippen LogP contribution in [0, 0.1) is 5.82 Å². The molecular formula is C31H31ClF4N4O3. The van der Waals surface area contributed by atoms with Crippen LogP contribution in [0.4, 0.5) is 17.6 Å². The van der Waals surface area contributed by atoms with Crippen molar-refractivity contribution in [2.24, 2.45) is 0 Å². The fraction of sp³-hybridized carbons (Fsp3) is 0.387. The molecule has 12 heteroatoms. The molecule has 1 fully saturated rings. The van der Waals surface area contributed by atoms with Gasteiger partial charge in [-0.25, -0.2) is 14.1 Å². The SMILES string of the molecule is CC(C)(C)NC(=O)c1nn(C2CCCCO2)c2cc(-c3cc(F)c(OCc4ccccc4)cc3CC(F)(F)F)nc(Cl)c12. The Balaban J connectivity index is 1.63. The molecule has 0 radical (unpaired) electrons. The quantitative estimate of drug-likeness (QED) is 0.169. The normalized spacial score (nSPS) is 16.0. The molecule has 5 rings (SSSR count). The van der Waals surface area contributed by atoms with E-state index in [0.29, 0.717) is 18.5 Å². The van der Waals surface area contributed by atoms with E-state index in [-0.39, 0.29) is 45.4 Å². The number of nitrogens with one attached hydrogen (secondary N) is 1. The molecule has 1 saturated heterocycles. The van der Waals surface area contributed by atoms with Crippen LogP contribution in [-0.4, -0.2) is 39.0 Å². The summed E-state index contributed by atoms with van der Waals surface area (Å²) >= 11 is 6.63. The third-order valence-corrected chi connectivity index (χ3v) is 7.11. The molecule has 0 bridgehead atoms. The first-order valence-corrected chi connectivity index (χ1v) is 14.3. The number of amides is 1. The second-order valence-electron chi connectivity index (χ2n) is 11.5. The maximum Gasteiger partial charge on any atom is 0.393 e. The number of fused-ring (bicyclic) bond motifs is 1. The van der Waals surface area contributed by atoms with Gasteiger partial charge < -0.3 is 14.8 Å². The Morgan fingerprint density at radius 1 is 1.14 bits per heavy atom. The molecule has 7 nitrogen and oxygen atoms in total. The first-order valence-electron chi connectivity index (χ1n) is 13.9. The van der Waals surface area contributed by atoms with Gasteiger partial charge in [0.25, 0.3) is 5.91 Å². The highest BCUT2D eigenvalue weighted by atomic mass is 35.5. The number of benzene rings is 2. The first-order chi connectivity index (χ1) is 20.3. The molecule has 0 aliphatic carbocycles. The third kappa shape index (κ3) is 7.27. The predicted molar refractivity (Wildman–Crippen MR) is 155 cm³/mol. The van der Waals surface area contributed by atoms with Crippen molar-refractivity contribution < 1.29 is 31.8 Å².